The van der Waals surface area contributed by atoms with E-state index < -0.39 is 0 Å². The molecule has 19 heavy (non-hydrogen) atoms. The molecule has 1 heteroatoms. The lowest BCUT2D eigenvalue weighted by Crippen LogP contribution is -2.06. The Hall–Kier alpha value is -0.590. The molecule has 0 fully saturated rings. The van der Waals surface area contributed by atoms with Gasteiger partial charge in [-0.25, -0.2) is 0 Å². The van der Waals surface area contributed by atoms with Gasteiger partial charge in [-0.05, 0) is 18.4 Å². The van der Waals surface area contributed by atoms with Crippen molar-refractivity contribution < 1.29 is 4.79 Å². The first-order chi connectivity index (χ1) is 9.07. The smallest absolute Gasteiger partial charge is 0.158 e. The Morgan fingerprint density at radius 2 is 1.42 bits per heavy atom. The minimum absolute atomic E-state index is 0.239. The molecule has 0 aromatic heterocycles. The van der Waals surface area contributed by atoms with Crippen LogP contribution in [0.15, 0.2) is 12.2 Å². The van der Waals surface area contributed by atoms with Crippen LogP contribution in [0.5, 0.6) is 0 Å². The third kappa shape index (κ3) is 12.2. The van der Waals surface area contributed by atoms with Gasteiger partial charge in [-0.3, -0.25) is 4.79 Å². The van der Waals surface area contributed by atoms with Gasteiger partial charge in [0.1, 0.15) is 0 Å². The molecular weight excluding hydrogens is 232 g/mol. The van der Waals surface area contributed by atoms with E-state index in [0.29, 0.717) is 17.9 Å². The third-order valence-electron chi connectivity index (χ3n) is 3.81. The molecule has 112 valence electrons. The number of rotatable bonds is 13. The van der Waals surface area contributed by atoms with Crippen molar-refractivity contribution in [3.8, 4) is 0 Å². The molecule has 0 amide bonds. The van der Waals surface area contributed by atoms with E-state index >= 15 is 0 Å². The highest BCUT2D eigenvalue weighted by Gasteiger charge is 2.09. The van der Waals surface area contributed by atoms with Crippen LogP contribution in [0.4, 0.5) is 0 Å². The van der Waals surface area contributed by atoms with Crippen molar-refractivity contribution in [2.75, 3.05) is 0 Å². The van der Waals surface area contributed by atoms with Gasteiger partial charge in [-0.1, -0.05) is 84.6 Å². The molecule has 0 bridgehead atoms. The summed E-state index contributed by atoms with van der Waals surface area (Å²) in [7, 11) is 0. The second-order valence-corrected chi connectivity index (χ2v) is 6.13. The van der Waals surface area contributed by atoms with Crippen molar-refractivity contribution in [1.29, 1.82) is 0 Å². The van der Waals surface area contributed by atoms with E-state index in [1.54, 1.807) is 0 Å². The molecule has 0 aromatic carbocycles. The molecule has 0 heterocycles. The normalized spacial score (nSPS) is 12.4. The first kappa shape index (κ1) is 18.4. The summed E-state index contributed by atoms with van der Waals surface area (Å²) in [6.45, 7) is 9.97. The molecule has 0 spiro atoms. The van der Waals surface area contributed by atoms with E-state index in [1.165, 1.54) is 64.2 Å². The summed E-state index contributed by atoms with van der Waals surface area (Å²) in [6.07, 6.45) is 14.2. The van der Waals surface area contributed by atoms with Crippen LogP contribution in [0.2, 0.25) is 0 Å². The lowest BCUT2D eigenvalue weighted by molar-refractivity contribution is -0.116. The standard InChI is InChI=1S/C18H34O/c1-5-6-7-8-9-10-11-12-13-14-17(4)15-18(19)16(2)3/h17H,2,5-15H2,1,3-4H3. The van der Waals surface area contributed by atoms with Crippen LogP contribution in [0.25, 0.3) is 0 Å². The molecule has 1 atom stereocenters. The van der Waals surface area contributed by atoms with Crippen molar-refractivity contribution >= 4 is 5.78 Å². The first-order valence-electron chi connectivity index (χ1n) is 8.26. The van der Waals surface area contributed by atoms with E-state index in [1.807, 2.05) is 6.92 Å². The highest BCUT2D eigenvalue weighted by atomic mass is 16.1. The quantitative estimate of drug-likeness (QED) is 0.292. The number of ketones is 1. The molecule has 1 unspecified atom stereocenters. The number of allylic oxidation sites excluding steroid dienone is 1. The van der Waals surface area contributed by atoms with Gasteiger partial charge in [0.15, 0.2) is 5.78 Å². The molecule has 0 radical (unpaired) electrons. The van der Waals surface area contributed by atoms with E-state index in [4.69, 9.17) is 0 Å². The number of hydrogen-bond acceptors (Lipinski definition) is 1. The summed E-state index contributed by atoms with van der Waals surface area (Å²) >= 11 is 0. The highest BCUT2D eigenvalue weighted by Crippen LogP contribution is 2.16. The summed E-state index contributed by atoms with van der Waals surface area (Å²) in [6, 6.07) is 0. The average molecular weight is 266 g/mol. The maximum atomic E-state index is 11.5. The lowest BCUT2D eigenvalue weighted by atomic mass is 9.95. The maximum absolute atomic E-state index is 11.5. The first-order valence-corrected chi connectivity index (χ1v) is 8.26. The van der Waals surface area contributed by atoms with Gasteiger partial charge in [-0.15, -0.1) is 0 Å². The third-order valence-corrected chi connectivity index (χ3v) is 3.81. The van der Waals surface area contributed by atoms with Gasteiger partial charge in [0.2, 0.25) is 0 Å². The van der Waals surface area contributed by atoms with Crippen LogP contribution < -0.4 is 0 Å². The average Bonchev–Trinajstić information content (AvgIpc) is 2.36. The Labute approximate surface area is 120 Å². The van der Waals surface area contributed by atoms with Crippen molar-refractivity contribution in [2.45, 2.75) is 91.4 Å². The van der Waals surface area contributed by atoms with Gasteiger partial charge < -0.3 is 0 Å². The number of Topliss-reactive ketones (excluding diaryl/α,β-unsaturated/α-hetero) is 1. The zero-order valence-electron chi connectivity index (χ0n) is 13.5. The van der Waals surface area contributed by atoms with E-state index in [9.17, 15) is 4.79 Å². The van der Waals surface area contributed by atoms with Crippen LogP contribution in [0, 0.1) is 5.92 Å². The molecule has 0 aliphatic heterocycles. The molecule has 0 saturated carbocycles. The molecule has 0 saturated heterocycles. The summed E-state index contributed by atoms with van der Waals surface area (Å²) in [4.78, 5) is 11.5. The van der Waals surface area contributed by atoms with Crippen LogP contribution >= 0.6 is 0 Å². The van der Waals surface area contributed by atoms with Gasteiger partial charge in [-0.2, -0.15) is 0 Å². The molecular formula is C18H34O. The van der Waals surface area contributed by atoms with Gasteiger partial charge >= 0.3 is 0 Å². The number of carbonyl (C=O) groups excluding carboxylic acids is 1. The van der Waals surface area contributed by atoms with Crippen molar-refractivity contribution in [2.24, 2.45) is 5.92 Å². The zero-order chi connectivity index (χ0) is 14.5. The summed E-state index contributed by atoms with van der Waals surface area (Å²) < 4.78 is 0. The largest absolute Gasteiger partial charge is 0.295 e. The predicted molar refractivity (Wildman–Crippen MR) is 85.4 cm³/mol. The highest BCUT2D eigenvalue weighted by molar-refractivity contribution is 5.94. The van der Waals surface area contributed by atoms with Gasteiger partial charge in [0.25, 0.3) is 0 Å². The summed E-state index contributed by atoms with van der Waals surface area (Å²) in [5.74, 6) is 0.761. The van der Waals surface area contributed by atoms with E-state index in [-0.39, 0.29) is 5.78 Å². The Morgan fingerprint density at radius 1 is 0.947 bits per heavy atom. The Balaban J connectivity index is 3.29. The molecule has 0 aromatic rings. The predicted octanol–water partition coefficient (Wildman–Crippen LogP) is 6.08. The van der Waals surface area contributed by atoms with Crippen LogP contribution in [-0.2, 0) is 4.79 Å². The second-order valence-electron chi connectivity index (χ2n) is 6.13. The van der Waals surface area contributed by atoms with Gasteiger partial charge in [0.05, 0.1) is 0 Å². The fourth-order valence-electron chi connectivity index (χ4n) is 2.40. The van der Waals surface area contributed by atoms with E-state index in [0.717, 1.165) is 0 Å². The lowest BCUT2D eigenvalue weighted by Gasteiger charge is -2.10. The maximum Gasteiger partial charge on any atom is 0.158 e. The van der Waals surface area contributed by atoms with Crippen LogP contribution in [0.3, 0.4) is 0 Å². The van der Waals surface area contributed by atoms with Gasteiger partial charge in [0, 0.05) is 6.42 Å². The zero-order valence-corrected chi connectivity index (χ0v) is 13.5. The Bertz CT molecular complexity index is 242. The topological polar surface area (TPSA) is 17.1 Å². The minimum atomic E-state index is 0.239. The molecule has 0 aliphatic rings. The van der Waals surface area contributed by atoms with Crippen LogP contribution in [-0.4, -0.2) is 5.78 Å². The number of unbranched alkanes of at least 4 members (excludes halogenated alkanes) is 8. The molecule has 0 aliphatic carbocycles. The molecule has 1 nitrogen and oxygen atoms in total. The SMILES string of the molecule is C=C(C)C(=O)CC(C)CCCCCCCCCCC. The second kappa shape index (κ2) is 12.4. The van der Waals surface area contributed by atoms with Crippen molar-refractivity contribution in [3.63, 3.8) is 0 Å². The number of hydrogen-bond donors (Lipinski definition) is 0. The summed E-state index contributed by atoms with van der Waals surface area (Å²) in [5.41, 5.74) is 0.707. The fourth-order valence-corrected chi connectivity index (χ4v) is 2.40. The fraction of sp³-hybridized carbons (Fsp3) is 0.833. The molecule has 0 rings (SSSR count). The monoisotopic (exact) mass is 266 g/mol. The number of carbonyl (C=O) groups is 1. The Kier molecular flexibility index (Phi) is 12.1. The summed E-state index contributed by atoms with van der Waals surface area (Å²) in [5, 5.41) is 0. The van der Waals surface area contributed by atoms with Crippen LogP contribution in [0.1, 0.15) is 91.4 Å². The van der Waals surface area contributed by atoms with Crippen molar-refractivity contribution in [1.82, 2.24) is 0 Å². The minimum Gasteiger partial charge on any atom is -0.295 e. The van der Waals surface area contributed by atoms with Crippen molar-refractivity contribution in [3.05, 3.63) is 12.2 Å². The molecule has 0 N–H and O–H groups in total. The van der Waals surface area contributed by atoms with E-state index in [2.05, 4.69) is 20.4 Å². The Morgan fingerprint density at radius 3 is 1.89 bits per heavy atom.